The van der Waals surface area contributed by atoms with Gasteiger partial charge in [0, 0.05) is 5.56 Å². The average molecular weight is 445 g/mol. The molecule has 168 valence electrons. The van der Waals surface area contributed by atoms with Gasteiger partial charge in [0.15, 0.2) is 6.61 Å². The number of hydrogen-bond acceptors (Lipinski definition) is 7. The van der Waals surface area contributed by atoms with Crippen LogP contribution >= 0.6 is 0 Å². The summed E-state index contributed by atoms with van der Waals surface area (Å²) in [6.07, 6.45) is 0. The van der Waals surface area contributed by atoms with Gasteiger partial charge in [-0.2, -0.15) is 0 Å². The predicted molar refractivity (Wildman–Crippen MR) is 123 cm³/mol. The maximum absolute atomic E-state index is 12.9. The van der Waals surface area contributed by atoms with E-state index in [0.29, 0.717) is 34.8 Å². The van der Waals surface area contributed by atoms with Gasteiger partial charge in [0.2, 0.25) is 0 Å². The zero-order valence-corrected chi connectivity index (χ0v) is 18.5. The molecule has 2 aromatic heterocycles. The molecule has 2 heterocycles. The van der Waals surface area contributed by atoms with Gasteiger partial charge >= 0.3 is 5.97 Å². The van der Waals surface area contributed by atoms with Gasteiger partial charge in [0.05, 0.1) is 34.6 Å². The first-order chi connectivity index (χ1) is 16.0. The van der Waals surface area contributed by atoms with E-state index in [-0.39, 0.29) is 11.3 Å². The lowest BCUT2D eigenvalue weighted by molar-refractivity contribution is -0.119. The molecule has 8 heteroatoms. The third-order valence-electron chi connectivity index (χ3n) is 4.98. The number of fused-ring (bicyclic) bond motifs is 1. The number of amides is 1. The molecule has 4 aromatic rings. The fraction of sp³-hybridized carbons (Fsp3) is 0.200. The van der Waals surface area contributed by atoms with Crippen molar-refractivity contribution < 1.29 is 23.6 Å². The molecule has 1 N–H and O–H groups in total. The first-order valence-corrected chi connectivity index (χ1v) is 10.5. The summed E-state index contributed by atoms with van der Waals surface area (Å²) in [4.78, 5) is 29.9. The van der Waals surface area contributed by atoms with Crippen LogP contribution in [0.2, 0.25) is 0 Å². The predicted octanol–water partition coefficient (Wildman–Crippen LogP) is 4.70. The number of rotatable bonds is 7. The maximum Gasteiger partial charge on any atom is 0.339 e. The maximum atomic E-state index is 12.9. The summed E-state index contributed by atoms with van der Waals surface area (Å²) < 4.78 is 16.1. The van der Waals surface area contributed by atoms with Gasteiger partial charge in [0.1, 0.15) is 5.75 Å². The number of carbonyl (C=O) groups excluding carboxylic acids is 2. The molecule has 0 aliphatic heterocycles. The molecule has 0 aliphatic carbocycles. The van der Waals surface area contributed by atoms with Crippen LogP contribution in [0.15, 0.2) is 59.1 Å². The van der Waals surface area contributed by atoms with Gasteiger partial charge < -0.3 is 19.3 Å². The van der Waals surface area contributed by atoms with E-state index in [2.05, 4.69) is 15.5 Å². The number of nitrogens with one attached hydrogen (secondary N) is 1. The van der Waals surface area contributed by atoms with Crippen molar-refractivity contribution in [1.29, 1.82) is 0 Å². The molecule has 0 bridgehead atoms. The highest BCUT2D eigenvalue weighted by Crippen LogP contribution is 2.28. The number of esters is 1. The second kappa shape index (κ2) is 9.52. The van der Waals surface area contributed by atoms with Crippen molar-refractivity contribution in [2.45, 2.75) is 20.8 Å². The van der Waals surface area contributed by atoms with Crippen LogP contribution in [0.1, 0.15) is 28.5 Å². The molecule has 2 aromatic carbocycles. The van der Waals surface area contributed by atoms with E-state index < -0.39 is 18.5 Å². The Hall–Kier alpha value is -4.20. The summed E-state index contributed by atoms with van der Waals surface area (Å²) >= 11 is 0. The minimum atomic E-state index is -0.671. The smallest absolute Gasteiger partial charge is 0.339 e. The minimum absolute atomic E-state index is 0.229. The molecule has 8 nitrogen and oxygen atoms in total. The lowest BCUT2D eigenvalue weighted by atomic mass is 10.0. The summed E-state index contributed by atoms with van der Waals surface area (Å²) in [5.74, 6) is -0.615. The van der Waals surface area contributed by atoms with Crippen LogP contribution in [-0.4, -0.2) is 35.2 Å². The lowest BCUT2D eigenvalue weighted by Gasteiger charge is -2.12. The van der Waals surface area contributed by atoms with Crippen molar-refractivity contribution in [2.24, 2.45) is 0 Å². The third kappa shape index (κ3) is 4.85. The molecule has 33 heavy (non-hydrogen) atoms. The molecule has 0 radical (unpaired) electrons. The third-order valence-corrected chi connectivity index (χ3v) is 4.98. The number of carbonyl (C=O) groups is 2. The Morgan fingerprint density at radius 1 is 1.06 bits per heavy atom. The quantitative estimate of drug-likeness (QED) is 0.411. The SMILES string of the molecule is CCOc1ccccc1NC(=O)COC(=O)c1cc(-c2ccc(C)cc2)nc2onc(C)c12. The van der Waals surface area contributed by atoms with E-state index in [4.69, 9.17) is 14.0 Å². The summed E-state index contributed by atoms with van der Waals surface area (Å²) in [6.45, 7) is 5.55. The summed E-state index contributed by atoms with van der Waals surface area (Å²) in [5.41, 5.74) is 3.94. The number of nitrogens with zero attached hydrogens (tertiary/aromatic N) is 2. The Balaban J connectivity index is 1.55. The van der Waals surface area contributed by atoms with E-state index in [1.54, 1.807) is 31.2 Å². The topological polar surface area (TPSA) is 104 Å². The second-order valence-electron chi connectivity index (χ2n) is 7.42. The Bertz CT molecular complexity index is 1310. The van der Waals surface area contributed by atoms with Crippen molar-refractivity contribution in [3.63, 3.8) is 0 Å². The van der Waals surface area contributed by atoms with Crippen LogP contribution in [0.3, 0.4) is 0 Å². The minimum Gasteiger partial charge on any atom is -0.492 e. The van der Waals surface area contributed by atoms with E-state index in [1.807, 2.05) is 44.2 Å². The standard InChI is InChI=1S/C25H23N3O5/c1-4-31-21-8-6-5-7-19(21)26-22(29)14-32-25(30)18-13-20(17-11-9-15(2)10-12-17)27-24-23(18)16(3)28-33-24/h5-13H,4,14H2,1-3H3,(H,26,29). The molecule has 4 rings (SSSR count). The Morgan fingerprint density at radius 2 is 1.82 bits per heavy atom. The van der Waals surface area contributed by atoms with Gasteiger partial charge in [0.25, 0.3) is 11.6 Å². The fourth-order valence-corrected chi connectivity index (χ4v) is 3.37. The van der Waals surface area contributed by atoms with Crippen LogP contribution in [0.5, 0.6) is 5.75 Å². The Kier molecular flexibility index (Phi) is 6.35. The molecule has 0 atom stereocenters. The highest BCUT2D eigenvalue weighted by molar-refractivity contribution is 6.05. The molecule has 0 spiro atoms. The van der Waals surface area contributed by atoms with Crippen LogP contribution < -0.4 is 10.1 Å². The largest absolute Gasteiger partial charge is 0.492 e. The highest BCUT2D eigenvalue weighted by Gasteiger charge is 2.21. The number of aromatic nitrogens is 2. The van der Waals surface area contributed by atoms with E-state index >= 15 is 0 Å². The van der Waals surface area contributed by atoms with Gasteiger partial charge in [-0.1, -0.05) is 47.1 Å². The van der Waals surface area contributed by atoms with Gasteiger partial charge in [-0.05, 0) is 39.0 Å². The van der Waals surface area contributed by atoms with Crippen LogP contribution in [-0.2, 0) is 9.53 Å². The first kappa shape index (κ1) is 22.0. The Morgan fingerprint density at radius 3 is 2.58 bits per heavy atom. The number of hydrogen-bond donors (Lipinski definition) is 1. The average Bonchev–Trinajstić information content (AvgIpc) is 3.19. The van der Waals surface area contributed by atoms with Crippen LogP contribution in [0, 0.1) is 13.8 Å². The molecule has 1 amide bonds. The fourth-order valence-electron chi connectivity index (χ4n) is 3.37. The van der Waals surface area contributed by atoms with Crippen molar-refractivity contribution >= 4 is 28.7 Å². The molecule has 0 unspecified atom stereocenters. The summed E-state index contributed by atoms with van der Waals surface area (Å²) in [7, 11) is 0. The van der Waals surface area contributed by atoms with Crippen molar-refractivity contribution in [3.05, 3.63) is 71.4 Å². The molecular formula is C25H23N3O5. The second-order valence-corrected chi connectivity index (χ2v) is 7.42. The number of ether oxygens (including phenoxy) is 2. The molecule has 0 aliphatic rings. The van der Waals surface area contributed by atoms with Crippen molar-refractivity contribution in [2.75, 3.05) is 18.5 Å². The van der Waals surface area contributed by atoms with Crippen LogP contribution in [0.4, 0.5) is 5.69 Å². The van der Waals surface area contributed by atoms with Gasteiger partial charge in [-0.15, -0.1) is 0 Å². The van der Waals surface area contributed by atoms with E-state index in [9.17, 15) is 9.59 Å². The number of anilines is 1. The van der Waals surface area contributed by atoms with E-state index in [0.717, 1.165) is 11.1 Å². The highest BCUT2D eigenvalue weighted by atomic mass is 16.5. The van der Waals surface area contributed by atoms with E-state index in [1.165, 1.54) is 0 Å². The first-order valence-electron chi connectivity index (χ1n) is 10.5. The van der Waals surface area contributed by atoms with Crippen molar-refractivity contribution in [3.8, 4) is 17.0 Å². The summed E-state index contributed by atoms with van der Waals surface area (Å²) in [5, 5.41) is 7.09. The van der Waals surface area contributed by atoms with Gasteiger partial charge in [-0.25, -0.2) is 9.78 Å². The molecular weight excluding hydrogens is 422 g/mol. The zero-order chi connectivity index (χ0) is 23.4. The van der Waals surface area contributed by atoms with Gasteiger partial charge in [-0.3, -0.25) is 4.79 Å². The molecule has 0 saturated carbocycles. The molecule has 0 fully saturated rings. The summed E-state index contributed by atoms with van der Waals surface area (Å²) in [6, 6.07) is 16.4. The monoisotopic (exact) mass is 445 g/mol. The normalized spacial score (nSPS) is 10.8. The zero-order valence-electron chi connectivity index (χ0n) is 18.5. The number of pyridine rings is 1. The number of para-hydroxylation sites is 2. The number of aryl methyl sites for hydroxylation is 2. The molecule has 0 saturated heterocycles. The van der Waals surface area contributed by atoms with Crippen LogP contribution in [0.25, 0.3) is 22.4 Å². The lowest BCUT2D eigenvalue weighted by Crippen LogP contribution is -2.21. The van der Waals surface area contributed by atoms with Crippen molar-refractivity contribution in [1.82, 2.24) is 10.1 Å². The Labute approximate surface area is 190 Å². The number of benzene rings is 2.